The Kier molecular flexibility index (Phi) is 7.79. The van der Waals surface area contributed by atoms with E-state index >= 15 is 0 Å². The van der Waals surface area contributed by atoms with Crippen LogP contribution in [-0.4, -0.2) is 80.5 Å². The highest BCUT2D eigenvalue weighted by atomic mass is 16.5. The van der Waals surface area contributed by atoms with Crippen LogP contribution in [0.1, 0.15) is 27.1 Å². The van der Waals surface area contributed by atoms with Gasteiger partial charge < -0.3 is 14.8 Å². The first kappa shape index (κ1) is 23.7. The zero-order chi connectivity index (χ0) is 23.9. The number of nitrogens with one attached hydrogen (secondary N) is 1. The number of nitrogens with zero attached hydrogens (tertiary/aromatic N) is 2. The van der Waals surface area contributed by atoms with Crippen LogP contribution in [0.4, 0.5) is 5.69 Å². The molecule has 0 spiro atoms. The molecule has 1 atom stereocenters. The molecular formula is C25H27N3O6. The van der Waals surface area contributed by atoms with Crippen molar-refractivity contribution in [3.05, 3.63) is 65.7 Å². The third-order valence-corrected chi connectivity index (χ3v) is 5.86. The number of esters is 1. The average Bonchev–Trinajstić information content (AvgIpc) is 3.16. The van der Waals surface area contributed by atoms with Gasteiger partial charge in [0.1, 0.15) is 0 Å². The molecule has 2 aromatic carbocycles. The summed E-state index contributed by atoms with van der Waals surface area (Å²) >= 11 is 0. The molecule has 9 nitrogen and oxygen atoms in total. The summed E-state index contributed by atoms with van der Waals surface area (Å²) in [6.45, 7) is 4.16. The van der Waals surface area contributed by atoms with Crippen LogP contribution in [0.15, 0.2) is 54.6 Å². The zero-order valence-corrected chi connectivity index (χ0v) is 18.8. The first-order chi connectivity index (χ1) is 16.5. The Morgan fingerprint density at radius 1 is 0.971 bits per heavy atom. The van der Waals surface area contributed by atoms with Gasteiger partial charge in [0.05, 0.1) is 36.9 Å². The lowest BCUT2D eigenvalue weighted by molar-refractivity contribution is -0.121. The van der Waals surface area contributed by atoms with Crippen molar-refractivity contribution < 1.29 is 28.7 Å². The van der Waals surface area contributed by atoms with Crippen LogP contribution in [0.3, 0.4) is 0 Å². The maximum atomic E-state index is 12.8. The lowest BCUT2D eigenvalue weighted by Gasteiger charge is -2.27. The molecule has 0 aromatic heterocycles. The van der Waals surface area contributed by atoms with Crippen LogP contribution in [-0.2, 0) is 19.1 Å². The summed E-state index contributed by atoms with van der Waals surface area (Å²) in [5.74, 6) is -1.56. The van der Waals surface area contributed by atoms with Gasteiger partial charge in [-0.25, -0.2) is 9.69 Å². The molecule has 178 valence electrons. The zero-order valence-electron chi connectivity index (χ0n) is 18.8. The Balaban J connectivity index is 1.29. The van der Waals surface area contributed by atoms with Gasteiger partial charge in [-0.2, -0.15) is 0 Å². The Labute approximate surface area is 197 Å². The van der Waals surface area contributed by atoms with Gasteiger partial charge in [0.15, 0.2) is 12.4 Å². The van der Waals surface area contributed by atoms with Gasteiger partial charge >= 0.3 is 5.97 Å². The van der Waals surface area contributed by atoms with Crippen LogP contribution in [0, 0.1) is 0 Å². The summed E-state index contributed by atoms with van der Waals surface area (Å²) in [5.41, 5.74) is 1.08. The van der Waals surface area contributed by atoms with E-state index < -0.39 is 12.0 Å². The van der Waals surface area contributed by atoms with E-state index in [1.807, 2.05) is 0 Å². The predicted molar refractivity (Wildman–Crippen MR) is 124 cm³/mol. The number of carbonyl (C=O) groups excluding carboxylic acids is 4. The van der Waals surface area contributed by atoms with E-state index in [9.17, 15) is 19.2 Å². The van der Waals surface area contributed by atoms with Crippen molar-refractivity contribution in [1.82, 2.24) is 10.2 Å². The Hall–Kier alpha value is -3.40. The number of benzene rings is 2. The second-order valence-corrected chi connectivity index (χ2v) is 8.14. The smallest absolute Gasteiger partial charge is 0.338 e. The summed E-state index contributed by atoms with van der Waals surface area (Å²) in [6.07, 6.45) is 0.0906. The molecule has 0 bridgehead atoms. The number of anilines is 1. The minimum Gasteiger partial charge on any atom is -0.454 e. The van der Waals surface area contributed by atoms with E-state index in [-0.39, 0.29) is 36.2 Å². The average molecular weight is 466 g/mol. The molecule has 2 saturated heterocycles. The number of ether oxygens (including phenoxy) is 2. The van der Waals surface area contributed by atoms with Crippen LogP contribution in [0.5, 0.6) is 0 Å². The molecule has 2 fully saturated rings. The summed E-state index contributed by atoms with van der Waals surface area (Å²) < 4.78 is 10.4. The van der Waals surface area contributed by atoms with E-state index in [1.54, 1.807) is 30.3 Å². The van der Waals surface area contributed by atoms with E-state index in [0.29, 0.717) is 31.0 Å². The van der Waals surface area contributed by atoms with E-state index in [0.717, 1.165) is 24.5 Å². The van der Waals surface area contributed by atoms with Crippen molar-refractivity contribution in [3.8, 4) is 0 Å². The largest absolute Gasteiger partial charge is 0.454 e. The maximum Gasteiger partial charge on any atom is 0.338 e. The molecule has 0 radical (unpaired) electrons. The molecule has 2 aliphatic heterocycles. The second-order valence-electron chi connectivity index (χ2n) is 8.14. The highest BCUT2D eigenvalue weighted by Crippen LogP contribution is 2.23. The molecule has 4 rings (SSSR count). The molecule has 0 aliphatic carbocycles. The van der Waals surface area contributed by atoms with Crippen LogP contribution >= 0.6 is 0 Å². The molecule has 2 aromatic rings. The highest BCUT2D eigenvalue weighted by Gasteiger charge is 2.39. The van der Waals surface area contributed by atoms with Gasteiger partial charge in [0.2, 0.25) is 5.91 Å². The second kappa shape index (κ2) is 11.1. The van der Waals surface area contributed by atoms with Gasteiger partial charge in [-0.1, -0.05) is 30.3 Å². The molecule has 1 N–H and O–H groups in total. The van der Waals surface area contributed by atoms with Gasteiger partial charge in [0, 0.05) is 31.7 Å². The van der Waals surface area contributed by atoms with Crippen molar-refractivity contribution in [2.24, 2.45) is 0 Å². The lowest BCUT2D eigenvalue weighted by atomic mass is 10.1. The minimum absolute atomic E-state index is 0.0906. The third kappa shape index (κ3) is 5.74. The van der Waals surface area contributed by atoms with Crippen LogP contribution in [0.25, 0.3) is 0 Å². The molecule has 34 heavy (non-hydrogen) atoms. The fraction of sp³-hybridized carbons (Fsp3) is 0.360. The summed E-state index contributed by atoms with van der Waals surface area (Å²) in [7, 11) is 0. The standard InChI is InChI=1S/C25H27N3O6/c29-22(18-4-2-1-3-5-18)17-34-25(32)19-6-8-20(9-7-19)28-23(30)16-21(24(28)31)26-10-11-27-12-14-33-15-13-27/h1-9,21,26H,10-17H2. The topological polar surface area (TPSA) is 105 Å². The molecule has 2 amide bonds. The van der Waals surface area contributed by atoms with Gasteiger partial charge in [-0.05, 0) is 24.3 Å². The number of hydrogen-bond donors (Lipinski definition) is 1. The van der Waals surface area contributed by atoms with Gasteiger partial charge in [0.25, 0.3) is 5.91 Å². The minimum atomic E-state index is -0.655. The lowest BCUT2D eigenvalue weighted by Crippen LogP contribution is -2.44. The number of morpholine rings is 1. The quantitative estimate of drug-likeness (QED) is 0.336. The van der Waals surface area contributed by atoms with E-state index in [2.05, 4.69) is 10.2 Å². The summed E-state index contributed by atoms with van der Waals surface area (Å²) in [5, 5.41) is 3.18. The Morgan fingerprint density at radius 2 is 1.68 bits per heavy atom. The number of amides is 2. The monoisotopic (exact) mass is 465 g/mol. The van der Waals surface area contributed by atoms with Crippen molar-refractivity contribution >= 4 is 29.3 Å². The molecule has 1 unspecified atom stereocenters. The highest BCUT2D eigenvalue weighted by molar-refractivity contribution is 6.22. The van der Waals surface area contributed by atoms with Gasteiger partial charge in [-0.15, -0.1) is 0 Å². The summed E-state index contributed by atoms with van der Waals surface area (Å²) in [4.78, 5) is 53.1. The fourth-order valence-corrected chi connectivity index (χ4v) is 3.95. The van der Waals surface area contributed by atoms with Crippen molar-refractivity contribution in [1.29, 1.82) is 0 Å². The number of hydrogen-bond acceptors (Lipinski definition) is 8. The first-order valence-electron chi connectivity index (χ1n) is 11.3. The number of imide groups is 1. The van der Waals surface area contributed by atoms with Crippen molar-refractivity contribution in [3.63, 3.8) is 0 Å². The number of Topliss-reactive ketones (excluding diaryl/α,β-unsaturated/α-hetero) is 1. The molecule has 2 aliphatic rings. The Bertz CT molecular complexity index is 1030. The van der Waals surface area contributed by atoms with E-state index in [1.165, 1.54) is 24.3 Å². The normalized spacial score (nSPS) is 18.8. The molecule has 9 heteroatoms. The number of rotatable bonds is 9. The number of ketones is 1. The SMILES string of the molecule is O=C(COC(=O)c1ccc(N2C(=O)CC(NCCN3CCOCC3)C2=O)cc1)c1ccccc1. The maximum absolute atomic E-state index is 12.8. The van der Waals surface area contributed by atoms with Gasteiger partial charge in [-0.3, -0.25) is 19.3 Å². The van der Waals surface area contributed by atoms with Crippen LogP contribution in [0.2, 0.25) is 0 Å². The van der Waals surface area contributed by atoms with E-state index in [4.69, 9.17) is 9.47 Å². The molecule has 2 heterocycles. The first-order valence-corrected chi connectivity index (χ1v) is 11.3. The third-order valence-electron chi connectivity index (χ3n) is 5.86. The summed E-state index contributed by atoms with van der Waals surface area (Å²) in [6, 6.07) is 14.0. The fourth-order valence-electron chi connectivity index (χ4n) is 3.95. The Morgan fingerprint density at radius 3 is 2.38 bits per heavy atom. The molecular weight excluding hydrogens is 438 g/mol. The number of carbonyl (C=O) groups is 4. The van der Waals surface area contributed by atoms with Crippen molar-refractivity contribution in [2.75, 3.05) is 50.9 Å². The predicted octanol–water partition coefficient (Wildman–Crippen LogP) is 1.28. The molecule has 0 saturated carbocycles. The van der Waals surface area contributed by atoms with Crippen LogP contribution < -0.4 is 10.2 Å². The van der Waals surface area contributed by atoms with Crippen molar-refractivity contribution in [2.45, 2.75) is 12.5 Å².